The third-order valence-corrected chi connectivity index (χ3v) is 8.30. The molecule has 0 unspecified atom stereocenters. The number of aromatic nitrogens is 2. The Morgan fingerprint density at radius 1 is 0.860 bits per heavy atom. The summed E-state index contributed by atoms with van der Waals surface area (Å²) in [7, 11) is 0. The number of anilines is 1. The van der Waals surface area contributed by atoms with Crippen molar-refractivity contribution in [2.75, 3.05) is 24.5 Å². The lowest BCUT2D eigenvalue weighted by atomic mass is 10.0. The highest BCUT2D eigenvalue weighted by atomic mass is 35.5. The number of carboxylic acid groups (broad SMARTS) is 1. The number of rotatable bonds is 12. The van der Waals surface area contributed by atoms with Gasteiger partial charge in [0.25, 0.3) is 5.91 Å². The van der Waals surface area contributed by atoms with Crippen LogP contribution in [0.1, 0.15) is 45.6 Å². The second kappa shape index (κ2) is 14.5. The van der Waals surface area contributed by atoms with Gasteiger partial charge in [0.15, 0.2) is 0 Å². The number of benzene rings is 3. The van der Waals surface area contributed by atoms with Gasteiger partial charge in [-0.3, -0.25) is 9.59 Å². The van der Waals surface area contributed by atoms with E-state index in [0.29, 0.717) is 46.5 Å². The molecule has 1 atom stereocenters. The summed E-state index contributed by atoms with van der Waals surface area (Å²) < 4.78 is 0. The smallest absolute Gasteiger partial charge is 0.323 e. The number of hydrogen-bond donors (Lipinski definition) is 1. The maximum atomic E-state index is 13.9. The Kier molecular flexibility index (Phi) is 10.3. The van der Waals surface area contributed by atoms with Crippen LogP contribution < -0.4 is 4.90 Å². The van der Waals surface area contributed by atoms with E-state index in [1.165, 1.54) is 10.5 Å². The highest BCUT2D eigenvalue weighted by Crippen LogP contribution is 2.27. The summed E-state index contributed by atoms with van der Waals surface area (Å²) in [5.41, 5.74) is 4.25. The minimum Gasteiger partial charge on any atom is -0.480 e. The molecular formula is C34H34Cl2N4O3. The van der Waals surface area contributed by atoms with Gasteiger partial charge in [0.2, 0.25) is 5.95 Å². The average molecular weight is 618 g/mol. The van der Waals surface area contributed by atoms with Gasteiger partial charge in [-0.15, -0.1) is 0 Å². The van der Waals surface area contributed by atoms with Crippen molar-refractivity contribution in [1.82, 2.24) is 14.9 Å². The van der Waals surface area contributed by atoms with Crippen molar-refractivity contribution in [3.05, 3.63) is 123 Å². The summed E-state index contributed by atoms with van der Waals surface area (Å²) in [6.07, 6.45) is 6.18. The van der Waals surface area contributed by atoms with Crippen molar-refractivity contribution in [3.63, 3.8) is 0 Å². The number of hydrogen-bond acceptors (Lipinski definition) is 5. The van der Waals surface area contributed by atoms with Gasteiger partial charge in [-0.1, -0.05) is 77.8 Å². The van der Waals surface area contributed by atoms with Gasteiger partial charge >= 0.3 is 5.97 Å². The van der Waals surface area contributed by atoms with Gasteiger partial charge in [-0.25, -0.2) is 9.97 Å². The Morgan fingerprint density at radius 2 is 1.51 bits per heavy atom. The Hall–Kier alpha value is -3.94. The fourth-order valence-corrected chi connectivity index (χ4v) is 5.78. The largest absolute Gasteiger partial charge is 0.480 e. The number of nitrogens with zero attached hydrogens (tertiary/aromatic N) is 4. The maximum absolute atomic E-state index is 13.9. The highest BCUT2D eigenvalue weighted by Gasteiger charge is 2.29. The van der Waals surface area contributed by atoms with Crippen LogP contribution in [0.4, 0.5) is 5.95 Å². The van der Waals surface area contributed by atoms with Crippen molar-refractivity contribution >= 4 is 41.0 Å². The first-order chi connectivity index (χ1) is 20.9. The van der Waals surface area contributed by atoms with Crippen molar-refractivity contribution in [2.24, 2.45) is 0 Å². The molecule has 1 aliphatic heterocycles. The zero-order chi connectivity index (χ0) is 30.2. The number of carbonyl (C=O) groups is 2. The Balaban J connectivity index is 1.41. The first-order valence-electron chi connectivity index (χ1n) is 14.5. The molecule has 0 aliphatic carbocycles. The van der Waals surface area contributed by atoms with Crippen LogP contribution in [0.5, 0.6) is 0 Å². The molecule has 5 rings (SSSR count). The van der Waals surface area contributed by atoms with Crippen molar-refractivity contribution in [1.29, 1.82) is 0 Å². The molecule has 1 aliphatic rings. The molecule has 0 saturated carbocycles. The molecule has 4 aromatic rings. The number of carbonyl (C=O) groups excluding carboxylic acids is 1. The van der Waals surface area contributed by atoms with E-state index >= 15 is 0 Å². The zero-order valence-electron chi connectivity index (χ0n) is 23.8. The highest BCUT2D eigenvalue weighted by molar-refractivity contribution is 6.30. The molecule has 3 aromatic carbocycles. The van der Waals surface area contributed by atoms with Gasteiger partial charge in [0.1, 0.15) is 6.54 Å². The SMILES string of the molecule is O=C(O)CN(CCc1ccc(Cl)cc1)C(=O)c1cnc(N2CCC[C@H]2Cc2ccc(Cl)cc2)nc1CCc1ccccc1. The monoisotopic (exact) mass is 616 g/mol. The van der Waals surface area contributed by atoms with E-state index in [2.05, 4.69) is 22.0 Å². The molecule has 9 heteroatoms. The summed E-state index contributed by atoms with van der Waals surface area (Å²) in [4.78, 5) is 38.9. The Labute approximate surface area is 262 Å². The molecule has 1 amide bonds. The van der Waals surface area contributed by atoms with Gasteiger partial charge in [-0.05, 0) is 79.5 Å². The molecule has 222 valence electrons. The number of carboxylic acids is 1. The standard InChI is InChI=1S/C34H34Cl2N4O3/c35-27-13-8-25(9-14-27)18-20-39(23-32(41)42)33(43)30-22-37-34(38-31(30)17-12-24-5-2-1-3-6-24)40-19-4-7-29(40)21-26-10-15-28(36)16-11-26/h1-3,5-6,8-11,13-16,22,29H,4,7,12,17-21,23H2,(H,41,42)/t29-/m0/s1. The minimum atomic E-state index is -1.07. The lowest BCUT2D eigenvalue weighted by Gasteiger charge is -2.26. The predicted octanol–water partition coefficient (Wildman–Crippen LogP) is 6.55. The van der Waals surface area contributed by atoms with Crippen LogP contribution in [0, 0.1) is 0 Å². The molecule has 1 aromatic heterocycles. The van der Waals surface area contributed by atoms with E-state index in [1.54, 1.807) is 18.3 Å². The second-order valence-electron chi connectivity index (χ2n) is 10.8. The van der Waals surface area contributed by atoms with Crippen LogP contribution in [0.3, 0.4) is 0 Å². The van der Waals surface area contributed by atoms with Crippen LogP contribution in [-0.2, 0) is 30.5 Å². The Morgan fingerprint density at radius 3 is 2.19 bits per heavy atom. The van der Waals surface area contributed by atoms with Crippen LogP contribution in [0.2, 0.25) is 10.0 Å². The fourth-order valence-electron chi connectivity index (χ4n) is 5.53. The van der Waals surface area contributed by atoms with E-state index in [-0.39, 0.29) is 18.5 Å². The van der Waals surface area contributed by atoms with Crippen LogP contribution >= 0.6 is 23.2 Å². The summed E-state index contributed by atoms with van der Waals surface area (Å²) in [6, 6.07) is 25.5. The first-order valence-corrected chi connectivity index (χ1v) is 15.3. The summed E-state index contributed by atoms with van der Waals surface area (Å²) in [6.45, 7) is 0.652. The quantitative estimate of drug-likeness (QED) is 0.194. The summed E-state index contributed by atoms with van der Waals surface area (Å²) in [5, 5.41) is 11.0. The lowest BCUT2D eigenvalue weighted by molar-refractivity contribution is -0.137. The lowest BCUT2D eigenvalue weighted by Crippen LogP contribution is -2.38. The average Bonchev–Trinajstić information content (AvgIpc) is 3.48. The summed E-state index contributed by atoms with van der Waals surface area (Å²) >= 11 is 12.1. The molecule has 0 radical (unpaired) electrons. The fraction of sp³-hybridized carbons (Fsp3) is 0.294. The van der Waals surface area contributed by atoms with E-state index in [1.807, 2.05) is 54.6 Å². The molecule has 1 N–H and O–H groups in total. The number of amides is 1. The molecule has 2 heterocycles. The van der Waals surface area contributed by atoms with Gasteiger partial charge in [-0.2, -0.15) is 0 Å². The third-order valence-electron chi connectivity index (χ3n) is 7.79. The first kappa shape index (κ1) is 30.5. The normalized spacial score (nSPS) is 14.6. The van der Waals surface area contributed by atoms with E-state index in [0.717, 1.165) is 36.9 Å². The molecule has 43 heavy (non-hydrogen) atoms. The van der Waals surface area contributed by atoms with Crippen molar-refractivity contribution < 1.29 is 14.7 Å². The van der Waals surface area contributed by atoms with Crippen LogP contribution in [0.15, 0.2) is 85.1 Å². The van der Waals surface area contributed by atoms with Gasteiger partial charge in [0, 0.05) is 35.4 Å². The van der Waals surface area contributed by atoms with Crippen molar-refractivity contribution in [3.8, 4) is 0 Å². The van der Waals surface area contributed by atoms with Crippen LogP contribution in [-0.4, -0.2) is 57.5 Å². The molecule has 0 bridgehead atoms. The van der Waals surface area contributed by atoms with Crippen LogP contribution in [0.25, 0.3) is 0 Å². The van der Waals surface area contributed by atoms with Crippen molar-refractivity contribution in [2.45, 2.75) is 44.6 Å². The molecule has 0 spiro atoms. The topological polar surface area (TPSA) is 86.6 Å². The summed E-state index contributed by atoms with van der Waals surface area (Å²) in [5.74, 6) is -0.859. The Bertz CT molecular complexity index is 1530. The number of halogens is 2. The zero-order valence-corrected chi connectivity index (χ0v) is 25.3. The number of aryl methyl sites for hydroxylation is 2. The second-order valence-corrected chi connectivity index (χ2v) is 11.7. The minimum absolute atomic E-state index is 0.229. The third kappa shape index (κ3) is 8.33. The molecule has 1 fully saturated rings. The number of aliphatic carboxylic acids is 1. The van der Waals surface area contributed by atoms with E-state index in [4.69, 9.17) is 28.2 Å². The molecular weight excluding hydrogens is 583 g/mol. The van der Waals surface area contributed by atoms with Gasteiger partial charge < -0.3 is 14.9 Å². The van der Waals surface area contributed by atoms with E-state index in [9.17, 15) is 14.7 Å². The van der Waals surface area contributed by atoms with E-state index < -0.39 is 12.5 Å². The molecule has 7 nitrogen and oxygen atoms in total. The maximum Gasteiger partial charge on any atom is 0.323 e. The van der Waals surface area contributed by atoms with Gasteiger partial charge in [0.05, 0.1) is 11.3 Å². The predicted molar refractivity (Wildman–Crippen MR) is 170 cm³/mol. The molecule has 1 saturated heterocycles.